The number of tetrazole rings is 1. The molecule has 0 saturated carbocycles. The van der Waals surface area contributed by atoms with Crippen molar-refractivity contribution in [1.82, 2.24) is 20.2 Å². The summed E-state index contributed by atoms with van der Waals surface area (Å²) in [7, 11) is 0. The number of ether oxygens (including phenoxy) is 1. The Morgan fingerprint density at radius 3 is 2.33 bits per heavy atom. The fourth-order valence-corrected chi connectivity index (χ4v) is 3.01. The summed E-state index contributed by atoms with van der Waals surface area (Å²) in [5.74, 6) is -0.577. The molecule has 0 bridgehead atoms. The molecule has 0 aliphatic rings. The number of para-hydroxylation sites is 1. The van der Waals surface area contributed by atoms with Crippen LogP contribution in [-0.2, 0) is 33.7 Å². The summed E-state index contributed by atoms with van der Waals surface area (Å²) in [6.45, 7) is 5.45. The number of benzene rings is 2. The zero-order valence-corrected chi connectivity index (χ0v) is 17.4. The Kier molecular flexibility index (Phi) is 6.90. The van der Waals surface area contributed by atoms with E-state index in [4.69, 9.17) is 4.74 Å². The van der Waals surface area contributed by atoms with Gasteiger partial charge in [0.25, 0.3) is 5.91 Å². The van der Waals surface area contributed by atoms with Crippen molar-refractivity contribution in [3.63, 3.8) is 0 Å². The number of rotatable bonds is 8. The zero-order valence-electron chi connectivity index (χ0n) is 17.4. The van der Waals surface area contributed by atoms with E-state index in [1.807, 2.05) is 63.2 Å². The third-order valence-corrected chi connectivity index (χ3v) is 4.66. The fraction of sp³-hybridized carbons (Fsp3) is 0.318. The molecule has 3 rings (SSSR count). The smallest absolute Gasteiger partial charge is 0.330 e. The second-order valence-electron chi connectivity index (χ2n) is 6.88. The minimum Gasteiger partial charge on any atom is -0.454 e. The van der Waals surface area contributed by atoms with Gasteiger partial charge in [0.15, 0.2) is 13.2 Å². The summed E-state index contributed by atoms with van der Waals surface area (Å²) in [6, 6.07) is 13.6. The molecule has 1 heterocycles. The summed E-state index contributed by atoms with van der Waals surface area (Å²) < 4.78 is 5.08. The predicted molar refractivity (Wildman–Crippen MR) is 113 cm³/mol. The van der Waals surface area contributed by atoms with Crippen molar-refractivity contribution in [2.75, 3.05) is 11.9 Å². The van der Waals surface area contributed by atoms with Crippen molar-refractivity contribution < 1.29 is 14.3 Å². The Balaban J connectivity index is 1.54. The van der Waals surface area contributed by atoms with Gasteiger partial charge in [0.1, 0.15) is 0 Å². The highest BCUT2D eigenvalue weighted by molar-refractivity contribution is 5.94. The van der Waals surface area contributed by atoms with Gasteiger partial charge >= 0.3 is 5.97 Å². The zero-order chi connectivity index (χ0) is 21.5. The van der Waals surface area contributed by atoms with E-state index in [9.17, 15) is 9.59 Å². The van der Waals surface area contributed by atoms with Crippen molar-refractivity contribution in [3.05, 3.63) is 59.2 Å². The van der Waals surface area contributed by atoms with Gasteiger partial charge in [-0.15, -0.1) is 10.2 Å². The van der Waals surface area contributed by atoms with Crippen molar-refractivity contribution in [2.24, 2.45) is 0 Å². The van der Waals surface area contributed by atoms with Gasteiger partial charge in [-0.05, 0) is 36.1 Å². The number of hydrogen-bond donors (Lipinski definition) is 1. The topological polar surface area (TPSA) is 99.0 Å². The van der Waals surface area contributed by atoms with E-state index >= 15 is 0 Å². The van der Waals surface area contributed by atoms with Crippen LogP contribution in [0.4, 0.5) is 5.69 Å². The fourth-order valence-electron chi connectivity index (χ4n) is 3.01. The van der Waals surface area contributed by atoms with Crippen LogP contribution in [0.25, 0.3) is 11.4 Å². The van der Waals surface area contributed by atoms with Crippen LogP contribution in [-0.4, -0.2) is 38.7 Å². The van der Waals surface area contributed by atoms with Gasteiger partial charge in [-0.3, -0.25) is 4.79 Å². The quantitative estimate of drug-likeness (QED) is 0.577. The third kappa shape index (κ3) is 5.28. The van der Waals surface area contributed by atoms with E-state index in [2.05, 4.69) is 20.7 Å². The van der Waals surface area contributed by atoms with Crippen LogP contribution < -0.4 is 5.32 Å². The van der Waals surface area contributed by atoms with Crippen molar-refractivity contribution in [3.8, 4) is 11.4 Å². The molecule has 0 spiro atoms. The maximum absolute atomic E-state index is 12.3. The number of nitrogens with one attached hydrogen (secondary N) is 1. The van der Waals surface area contributed by atoms with Crippen LogP contribution in [0.2, 0.25) is 0 Å². The average molecular weight is 407 g/mol. The van der Waals surface area contributed by atoms with Crippen LogP contribution in [0.1, 0.15) is 30.5 Å². The molecule has 1 N–H and O–H groups in total. The molecule has 0 radical (unpaired) electrons. The molecule has 30 heavy (non-hydrogen) atoms. The molecule has 1 aromatic heterocycles. The first-order chi connectivity index (χ1) is 14.5. The minimum absolute atomic E-state index is 0.224. The first-order valence-corrected chi connectivity index (χ1v) is 9.91. The van der Waals surface area contributed by atoms with Crippen LogP contribution >= 0.6 is 0 Å². The van der Waals surface area contributed by atoms with Gasteiger partial charge in [0.05, 0.1) is 0 Å². The predicted octanol–water partition coefficient (Wildman–Crippen LogP) is 2.96. The standard InChI is InChI=1S/C22H25N5O3/c1-4-16-7-6-8-17(5-2)21(16)23-19(28)14-30-20(29)13-27-25-22(24-26-27)18-11-9-15(3)10-12-18/h6-12H,4-5,13-14H2,1-3H3,(H,23,28). The van der Waals surface area contributed by atoms with E-state index in [0.29, 0.717) is 5.82 Å². The molecular weight excluding hydrogens is 382 g/mol. The molecule has 0 unspecified atom stereocenters. The van der Waals surface area contributed by atoms with Gasteiger partial charge in [0.2, 0.25) is 5.82 Å². The molecule has 1 amide bonds. The van der Waals surface area contributed by atoms with Crippen LogP contribution in [0.5, 0.6) is 0 Å². The molecule has 156 valence electrons. The van der Waals surface area contributed by atoms with Crippen LogP contribution in [0.15, 0.2) is 42.5 Å². The third-order valence-electron chi connectivity index (χ3n) is 4.66. The van der Waals surface area contributed by atoms with Gasteiger partial charge < -0.3 is 10.1 Å². The minimum atomic E-state index is -0.613. The van der Waals surface area contributed by atoms with E-state index in [-0.39, 0.29) is 19.1 Å². The molecule has 0 aliphatic heterocycles. The lowest BCUT2D eigenvalue weighted by atomic mass is 10.0. The highest BCUT2D eigenvalue weighted by atomic mass is 16.5. The number of hydrogen-bond acceptors (Lipinski definition) is 6. The average Bonchev–Trinajstić information content (AvgIpc) is 3.21. The monoisotopic (exact) mass is 407 g/mol. The van der Waals surface area contributed by atoms with Crippen molar-refractivity contribution in [2.45, 2.75) is 40.2 Å². The molecule has 2 aromatic carbocycles. The summed E-state index contributed by atoms with van der Waals surface area (Å²) in [6.07, 6.45) is 1.59. The second kappa shape index (κ2) is 9.78. The second-order valence-corrected chi connectivity index (χ2v) is 6.88. The number of carbonyl (C=O) groups is 2. The Bertz CT molecular complexity index is 1010. The number of anilines is 1. The number of esters is 1. The first kappa shape index (κ1) is 21.2. The highest BCUT2D eigenvalue weighted by Crippen LogP contribution is 2.22. The number of aromatic nitrogens is 4. The Hall–Kier alpha value is -3.55. The molecule has 0 saturated heterocycles. The SMILES string of the molecule is CCc1cccc(CC)c1NC(=O)COC(=O)Cn1nnc(-c2ccc(C)cc2)n1. The molecular formula is C22H25N5O3. The number of carbonyl (C=O) groups excluding carboxylic acids is 2. The summed E-state index contributed by atoms with van der Waals surface area (Å²) in [5.41, 5.74) is 4.82. The van der Waals surface area contributed by atoms with Crippen molar-refractivity contribution >= 4 is 17.6 Å². The number of nitrogens with zero attached hydrogens (tertiary/aromatic N) is 4. The van der Waals surface area contributed by atoms with Crippen LogP contribution in [0, 0.1) is 6.92 Å². The Morgan fingerprint density at radius 2 is 1.70 bits per heavy atom. The Labute approximate surface area is 175 Å². The normalized spacial score (nSPS) is 10.6. The number of aryl methyl sites for hydroxylation is 3. The van der Waals surface area contributed by atoms with Gasteiger partial charge in [-0.1, -0.05) is 61.9 Å². The lowest BCUT2D eigenvalue weighted by Gasteiger charge is -2.14. The lowest BCUT2D eigenvalue weighted by molar-refractivity contribution is -0.148. The van der Waals surface area contributed by atoms with Crippen LogP contribution in [0.3, 0.4) is 0 Å². The van der Waals surface area contributed by atoms with E-state index in [1.165, 1.54) is 0 Å². The number of amides is 1. The van der Waals surface area contributed by atoms with Gasteiger partial charge in [0, 0.05) is 11.3 Å². The maximum atomic E-state index is 12.3. The molecule has 0 fully saturated rings. The maximum Gasteiger partial charge on any atom is 0.330 e. The van der Waals surface area contributed by atoms with Gasteiger partial charge in [-0.2, -0.15) is 4.80 Å². The molecule has 0 atom stereocenters. The Morgan fingerprint density at radius 1 is 1.03 bits per heavy atom. The molecule has 3 aromatic rings. The largest absolute Gasteiger partial charge is 0.454 e. The summed E-state index contributed by atoms with van der Waals surface area (Å²) in [5, 5.41) is 14.9. The summed E-state index contributed by atoms with van der Waals surface area (Å²) in [4.78, 5) is 25.5. The lowest BCUT2D eigenvalue weighted by Crippen LogP contribution is -2.24. The summed E-state index contributed by atoms with van der Waals surface area (Å²) >= 11 is 0. The van der Waals surface area contributed by atoms with E-state index in [1.54, 1.807) is 0 Å². The van der Waals surface area contributed by atoms with E-state index < -0.39 is 5.97 Å². The molecule has 8 nitrogen and oxygen atoms in total. The van der Waals surface area contributed by atoms with Gasteiger partial charge in [-0.25, -0.2) is 4.79 Å². The molecule has 0 aliphatic carbocycles. The molecule has 8 heteroatoms. The first-order valence-electron chi connectivity index (χ1n) is 9.91. The van der Waals surface area contributed by atoms with E-state index in [0.717, 1.165) is 45.6 Å². The highest BCUT2D eigenvalue weighted by Gasteiger charge is 2.14. The van der Waals surface area contributed by atoms with Crippen molar-refractivity contribution in [1.29, 1.82) is 0 Å².